The molecule has 0 saturated heterocycles. The van der Waals surface area contributed by atoms with E-state index in [0.29, 0.717) is 0 Å². The Kier molecular flexibility index (Phi) is 13.3. The molecule has 1 atom stereocenters. The van der Waals surface area contributed by atoms with Crippen LogP contribution in [0, 0.1) is 6.07 Å². The minimum Gasteiger partial charge on any atom is -1.00 e. The fraction of sp³-hybridized carbons (Fsp3) is 0.0980. The van der Waals surface area contributed by atoms with Gasteiger partial charge in [-0.15, -0.1) is 16.7 Å². The molecule has 0 fully saturated rings. The van der Waals surface area contributed by atoms with Gasteiger partial charge in [0.05, 0.1) is 0 Å². The van der Waals surface area contributed by atoms with Crippen LogP contribution in [0.25, 0.3) is 49.9 Å². The molecule has 2 aliphatic rings. The number of hydrogen-bond donors (Lipinski definition) is 0. The van der Waals surface area contributed by atoms with Crippen molar-refractivity contribution in [2.75, 3.05) is 0 Å². The van der Waals surface area contributed by atoms with Gasteiger partial charge in [0, 0.05) is 5.92 Å². The summed E-state index contributed by atoms with van der Waals surface area (Å²) in [6, 6.07) is 65.4. The van der Waals surface area contributed by atoms with Crippen LogP contribution in [0.5, 0.6) is 0 Å². The van der Waals surface area contributed by atoms with E-state index < -0.39 is 0 Å². The smallest absolute Gasteiger partial charge is 1.00 e. The first kappa shape index (κ1) is 40.4. The second-order valence-electron chi connectivity index (χ2n) is 14.0. The maximum absolute atomic E-state index is 3.75. The Balaban J connectivity index is 0.000000275. The van der Waals surface area contributed by atoms with Crippen LogP contribution >= 0.6 is 0 Å². The molecule has 0 saturated carbocycles. The molecule has 0 bridgehead atoms. The zero-order chi connectivity index (χ0) is 34.9. The summed E-state index contributed by atoms with van der Waals surface area (Å²) in [5.41, 5.74) is 14.0. The number of halogens is 2. The van der Waals surface area contributed by atoms with E-state index in [2.05, 4.69) is 189 Å². The van der Waals surface area contributed by atoms with Crippen LogP contribution in [-0.2, 0) is 32.6 Å². The van der Waals surface area contributed by atoms with Gasteiger partial charge >= 0.3 is 26.2 Å². The number of fused-ring (bicyclic) bond motifs is 6. The van der Waals surface area contributed by atoms with Crippen LogP contribution in [0.3, 0.4) is 0 Å². The summed E-state index contributed by atoms with van der Waals surface area (Å²) in [6.07, 6.45) is 5.75. The summed E-state index contributed by atoms with van der Waals surface area (Å²) in [6.45, 7) is 2.30. The summed E-state index contributed by atoms with van der Waals surface area (Å²) in [4.78, 5) is 0. The Hall–Kier alpha value is -4.30. The van der Waals surface area contributed by atoms with Crippen molar-refractivity contribution in [1.29, 1.82) is 0 Å². The second kappa shape index (κ2) is 18.1. The minimum atomic E-state index is 0. The summed E-state index contributed by atoms with van der Waals surface area (Å²) in [7, 11) is 0.271. The molecular formula is C51H40Cl2SiZr. The van der Waals surface area contributed by atoms with Crippen molar-refractivity contribution in [3.63, 3.8) is 0 Å². The number of allylic oxidation sites excluding steroid dienone is 1. The van der Waals surface area contributed by atoms with Crippen molar-refractivity contribution >= 4 is 47.5 Å². The first-order valence-corrected chi connectivity index (χ1v) is 19.7. The van der Waals surface area contributed by atoms with Crippen LogP contribution in [-0.4, -0.2) is 9.52 Å². The van der Waals surface area contributed by atoms with Gasteiger partial charge in [0.2, 0.25) is 0 Å². The third-order valence-electron chi connectivity index (χ3n) is 10.8. The predicted octanol–water partition coefficient (Wildman–Crippen LogP) is 5.44. The van der Waals surface area contributed by atoms with E-state index in [0.717, 1.165) is 19.3 Å². The largest absolute Gasteiger partial charge is 3.00 e. The van der Waals surface area contributed by atoms with Crippen molar-refractivity contribution in [3.8, 4) is 22.3 Å². The van der Waals surface area contributed by atoms with Crippen LogP contribution < -0.4 is 35.2 Å². The van der Waals surface area contributed by atoms with E-state index in [1.54, 1.807) is 0 Å². The Labute approximate surface area is 359 Å². The normalized spacial score (nSPS) is 13.2. The van der Waals surface area contributed by atoms with E-state index in [-0.39, 0.29) is 66.5 Å². The maximum Gasteiger partial charge on any atom is 3.00 e. The van der Waals surface area contributed by atoms with E-state index in [1.807, 2.05) is 0 Å². The summed E-state index contributed by atoms with van der Waals surface area (Å²) < 4.78 is 0. The number of rotatable bonds is 6. The average Bonchev–Trinajstić information content (AvgIpc) is 3.77. The van der Waals surface area contributed by atoms with Gasteiger partial charge < -0.3 is 24.8 Å². The van der Waals surface area contributed by atoms with Gasteiger partial charge in [-0.25, -0.2) is 0 Å². The molecule has 0 spiro atoms. The van der Waals surface area contributed by atoms with Gasteiger partial charge in [-0.05, 0) is 73.8 Å². The molecule has 266 valence electrons. The molecule has 0 aromatic heterocycles. The predicted molar refractivity (Wildman–Crippen MR) is 224 cm³/mol. The third-order valence-corrected chi connectivity index (χ3v) is 12.2. The summed E-state index contributed by atoms with van der Waals surface area (Å²) in [5, 5.41) is 8.13. The third kappa shape index (κ3) is 7.89. The number of hydrogen-bond acceptors (Lipinski definition) is 0. The van der Waals surface area contributed by atoms with Gasteiger partial charge in [0.25, 0.3) is 0 Å². The molecule has 8 aromatic rings. The Morgan fingerprint density at radius 1 is 0.600 bits per heavy atom. The maximum atomic E-state index is 3.75. The Morgan fingerprint density at radius 3 is 1.84 bits per heavy atom. The fourth-order valence-corrected chi connectivity index (χ4v) is 9.71. The molecule has 55 heavy (non-hydrogen) atoms. The van der Waals surface area contributed by atoms with Gasteiger partial charge in [-0.3, -0.25) is 0 Å². The Morgan fingerprint density at radius 2 is 1.18 bits per heavy atom. The van der Waals surface area contributed by atoms with Crippen molar-refractivity contribution in [2.45, 2.75) is 32.1 Å². The molecule has 0 heterocycles. The average molecular weight is 843 g/mol. The molecule has 8 aromatic carbocycles. The molecule has 0 nitrogen and oxygen atoms in total. The molecule has 0 amide bonds. The van der Waals surface area contributed by atoms with E-state index in [4.69, 9.17) is 0 Å². The topological polar surface area (TPSA) is 0 Å². The van der Waals surface area contributed by atoms with Crippen LogP contribution in [0.4, 0.5) is 0 Å². The monoisotopic (exact) mass is 840 g/mol. The zero-order valence-electron chi connectivity index (χ0n) is 30.8. The molecule has 1 unspecified atom stereocenters. The van der Waals surface area contributed by atoms with Gasteiger partial charge in [-0.1, -0.05) is 187 Å². The van der Waals surface area contributed by atoms with Crippen LogP contribution in [0.15, 0.2) is 175 Å². The minimum absolute atomic E-state index is 0. The first-order valence-electron chi connectivity index (χ1n) is 18.6. The van der Waals surface area contributed by atoms with Crippen molar-refractivity contribution in [2.24, 2.45) is 0 Å². The standard InChI is InChI=1S/C39H29.C12H11Si.2ClH.Zr/c1-2-11-28-24-37-34(38(28)33-19-9-18-32-29-15-6-3-14-27(29)23-36(32)33)20-10-21-35(37)39-30-16-7-4-12-25(30)22-26-13-5-8-17-31(26)39;1-3-7-11(8-4-1)13-12-9-5-2-6-10-12;;;/h3-10,12-18,20-22,24,38H,2,11,23H2,1H3;1-10,13H;2*1H;/q-1;;;;+3/p-2. The van der Waals surface area contributed by atoms with Gasteiger partial charge in [0.1, 0.15) is 9.52 Å². The van der Waals surface area contributed by atoms with Gasteiger partial charge in [0.15, 0.2) is 0 Å². The molecule has 0 aliphatic heterocycles. The summed E-state index contributed by atoms with van der Waals surface area (Å²) in [5.74, 6) is 0.255. The fourth-order valence-electron chi connectivity index (χ4n) is 8.50. The van der Waals surface area contributed by atoms with Crippen molar-refractivity contribution in [1.82, 2.24) is 0 Å². The first-order chi connectivity index (χ1) is 25.8. The Bertz CT molecular complexity index is 2510. The summed E-state index contributed by atoms with van der Waals surface area (Å²) >= 11 is 0. The molecule has 4 heteroatoms. The molecule has 2 aliphatic carbocycles. The molecule has 10 rings (SSSR count). The van der Waals surface area contributed by atoms with Crippen molar-refractivity contribution < 1.29 is 51.0 Å². The van der Waals surface area contributed by atoms with E-state index >= 15 is 0 Å². The molecule has 0 N–H and O–H groups in total. The quantitative estimate of drug-likeness (QED) is 0.119. The van der Waals surface area contributed by atoms with Crippen LogP contribution in [0.2, 0.25) is 0 Å². The van der Waals surface area contributed by atoms with E-state index in [9.17, 15) is 0 Å². The van der Waals surface area contributed by atoms with E-state index in [1.165, 1.54) is 87.6 Å². The van der Waals surface area contributed by atoms with Crippen molar-refractivity contribution in [3.05, 3.63) is 209 Å². The second-order valence-corrected chi connectivity index (χ2v) is 15.6. The molecular weight excluding hydrogens is 803 g/mol. The number of benzene rings is 8. The zero-order valence-corrected chi connectivity index (χ0v) is 35.9. The SMILES string of the molecule is CCCC1=Cc2c(-c3c4ccccc4cc4ccccc34)cccc2C1c1[c-]ccc2c1Cc1ccccc1-2.[Cl-].[Cl-].[Zr+3].c1ccc([SiH]c2ccccc2)cc1. The van der Waals surface area contributed by atoms with Crippen LogP contribution in [0.1, 0.15) is 53.5 Å². The molecule has 2 radical (unpaired) electrons. The van der Waals surface area contributed by atoms with Gasteiger partial charge in [-0.2, -0.15) is 18.2 Å².